The second-order valence-electron chi connectivity index (χ2n) is 8.37. The fraction of sp³-hybridized carbons (Fsp3) is 0.375. The lowest BCUT2D eigenvalue weighted by Crippen LogP contribution is -2.23. The molecule has 0 amide bonds. The summed E-state index contributed by atoms with van der Waals surface area (Å²) < 4.78 is 8.50. The van der Waals surface area contributed by atoms with Gasteiger partial charge in [-0.2, -0.15) is 5.10 Å². The van der Waals surface area contributed by atoms with Crippen molar-refractivity contribution >= 4 is 11.0 Å². The summed E-state index contributed by atoms with van der Waals surface area (Å²) >= 11 is 0. The maximum Gasteiger partial charge on any atom is 0.137 e. The Morgan fingerprint density at radius 2 is 1.97 bits per heavy atom. The fourth-order valence-corrected chi connectivity index (χ4v) is 4.52. The lowest BCUT2D eigenvalue weighted by Gasteiger charge is -2.27. The van der Waals surface area contributed by atoms with E-state index in [2.05, 4.69) is 76.2 Å². The van der Waals surface area contributed by atoms with E-state index in [-0.39, 0.29) is 6.10 Å². The third kappa shape index (κ3) is 3.82. The van der Waals surface area contributed by atoms with Crippen molar-refractivity contribution < 1.29 is 4.74 Å². The van der Waals surface area contributed by atoms with E-state index in [1.807, 2.05) is 0 Å². The monoisotopic (exact) mass is 401 g/mol. The van der Waals surface area contributed by atoms with Crippen LogP contribution in [0, 0.1) is 6.92 Å². The molecule has 0 unspecified atom stereocenters. The molecule has 1 fully saturated rings. The zero-order valence-electron chi connectivity index (χ0n) is 17.5. The number of nitrogens with zero attached hydrogens (tertiary/aromatic N) is 4. The Morgan fingerprint density at radius 1 is 1.10 bits per heavy atom. The van der Waals surface area contributed by atoms with Crippen LogP contribution in [0.3, 0.4) is 0 Å². The van der Waals surface area contributed by atoms with Gasteiger partial charge < -0.3 is 9.30 Å². The molecule has 1 aliphatic rings. The number of H-pyrrole nitrogens is 1. The highest BCUT2D eigenvalue weighted by Crippen LogP contribution is 2.33. The molecule has 6 nitrogen and oxygen atoms in total. The number of aromatic nitrogens is 5. The highest BCUT2D eigenvalue weighted by Gasteiger charge is 2.25. The molecule has 0 bridgehead atoms. The molecule has 1 N–H and O–H groups in total. The minimum atomic E-state index is 0.247. The minimum Gasteiger partial charge on any atom is -0.490 e. The topological polar surface area (TPSA) is 68.6 Å². The maximum atomic E-state index is 6.32. The Labute approximate surface area is 176 Å². The predicted octanol–water partition coefficient (Wildman–Crippen LogP) is 4.70. The fourth-order valence-electron chi connectivity index (χ4n) is 4.52. The number of benzene rings is 2. The summed E-state index contributed by atoms with van der Waals surface area (Å²) in [6.45, 7) is 2.13. The van der Waals surface area contributed by atoms with Crippen molar-refractivity contribution in [1.82, 2.24) is 24.7 Å². The van der Waals surface area contributed by atoms with E-state index < -0.39 is 0 Å². The Hall–Kier alpha value is -3.15. The van der Waals surface area contributed by atoms with E-state index in [0.717, 1.165) is 60.5 Å². The molecule has 154 valence electrons. The van der Waals surface area contributed by atoms with Crippen LogP contribution in [0.1, 0.15) is 54.4 Å². The van der Waals surface area contributed by atoms with Gasteiger partial charge in [-0.3, -0.25) is 5.10 Å². The van der Waals surface area contributed by atoms with Crippen molar-refractivity contribution in [2.75, 3.05) is 0 Å². The number of hydrogen-bond donors (Lipinski definition) is 1. The smallest absolute Gasteiger partial charge is 0.137 e. The Bertz CT molecular complexity index is 1140. The lowest BCUT2D eigenvalue weighted by molar-refractivity contribution is 0.145. The van der Waals surface area contributed by atoms with E-state index in [0.29, 0.717) is 5.92 Å². The first-order chi connectivity index (χ1) is 14.7. The second-order valence-corrected chi connectivity index (χ2v) is 8.37. The Morgan fingerprint density at radius 3 is 2.73 bits per heavy atom. The van der Waals surface area contributed by atoms with Crippen LogP contribution in [0.4, 0.5) is 0 Å². The van der Waals surface area contributed by atoms with Gasteiger partial charge >= 0.3 is 0 Å². The number of nitrogens with one attached hydrogen (secondary N) is 1. The summed E-state index contributed by atoms with van der Waals surface area (Å²) in [7, 11) is 2.09. The SMILES string of the molecule is Cc1cccc(Cc2nc3cc(OC4CCC(c5ncn[nH]5)CC4)ccc3n2C)c1. The molecule has 2 aromatic heterocycles. The number of rotatable bonds is 5. The van der Waals surface area contributed by atoms with Gasteiger partial charge in [0.15, 0.2) is 0 Å². The van der Waals surface area contributed by atoms with Gasteiger partial charge in [0.25, 0.3) is 0 Å². The van der Waals surface area contributed by atoms with Crippen LogP contribution in [0.15, 0.2) is 48.8 Å². The number of imidazole rings is 1. The lowest BCUT2D eigenvalue weighted by atomic mass is 9.87. The van der Waals surface area contributed by atoms with Crippen LogP contribution in [-0.4, -0.2) is 30.8 Å². The summed E-state index contributed by atoms with van der Waals surface area (Å²) in [6.07, 6.45) is 6.88. The van der Waals surface area contributed by atoms with Gasteiger partial charge in [-0.1, -0.05) is 29.8 Å². The van der Waals surface area contributed by atoms with E-state index in [9.17, 15) is 0 Å². The molecule has 0 spiro atoms. The molecule has 1 saturated carbocycles. The molecule has 0 radical (unpaired) electrons. The predicted molar refractivity (Wildman–Crippen MR) is 117 cm³/mol. The van der Waals surface area contributed by atoms with Crippen LogP contribution >= 0.6 is 0 Å². The quantitative estimate of drug-likeness (QED) is 0.526. The highest BCUT2D eigenvalue weighted by molar-refractivity contribution is 5.77. The number of fused-ring (bicyclic) bond motifs is 1. The molecule has 1 aliphatic carbocycles. The molecule has 2 heterocycles. The average molecular weight is 402 g/mol. The number of aromatic amines is 1. The van der Waals surface area contributed by atoms with Crippen LogP contribution < -0.4 is 4.74 Å². The third-order valence-corrected chi connectivity index (χ3v) is 6.19. The molecular weight excluding hydrogens is 374 g/mol. The summed E-state index contributed by atoms with van der Waals surface area (Å²) in [5.41, 5.74) is 4.69. The molecular formula is C24H27N5O. The van der Waals surface area contributed by atoms with E-state index in [1.54, 1.807) is 6.33 Å². The number of hydrogen-bond acceptors (Lipinski definition) is 4. The van der Waals surface area contributed by atoms with Crippen LogP contribution in [0.25, 0.3) is 11.0 Å². The zero-order valence-corrected chi connectivity index (χ0v) is 17.5. The summed E-state index contributed by atoms with van der Waals surface area (Å²) in [5, 5.41) is 6.98. The van der Waals surface area contributed by atoms with Gasteiger partial charge in [-0.25, -0.2) is 9.97 Å². The van der Waals surface area contributed by atoms with Crippen molar-refractivity contribution in [3.8, 4) is 5.75 Å². The summed E-state index contributed by atoms with van der Waals surface area (Å²) in [5.74, 6) is 3.45. The van der Waals surface area contributed by atoms with Crippen molar-refractivity contribution in [1.29, 1.82) is 0 Å². The van der Waals surface area contributed by atoms with Gasteiger partial charge in [0.2, 0.25) is 0 Å². The van der Waals surface area contributed by atoms with Gasteiger partial charge in [0, 0.05) is 25.5 Å². The normalized spacial score (nSPS) is 19.3. The standard InChI is InChI=1S/C24H27N5O/c1-16-4-3-5-17(12-16)13-23-27-21-14-20(10-11-22(21)29(23)2)30-19-8-6-18(7-9-19)24-25-15-26-28-24/h3-5,10-12,14-15,18-19H,6-9,13H2,1-2H3,(H,25,26,28). The van der Waals surface area contributed by atoms with E-state index in [4.69, 9.17) is 9.72 Å². The average Bonchev–Trinajstić information content (AvgIpc) is 3.38. The largest absolute Gasteiger partial charge is 0.490 e. The van der Waals surface area contributed by atoms with Crippen molar-refractivity contribution in [3.63, 3.8) is 0 Å². The zero-order chi connectivity index (χ0) is 20.5. The van der Waals surface area contributed by atoms with Gasteiger partial charge in [-0.05, 0) is 50.3 Å². The van der Waals surface area contributed by atoms with Crippen molar-refractivity contribution in [3.05, 3.63) is 71.6 Å². The van der Waals surface area contributed by atoms with Gasteiger partial charge in [0.05, 0.1) is 17.1 Å². The molecule has 5 rings (SSSR count). The number of aryl methyl sites for hydroxylation is 2. The van der Waals surface area contributed by atoms with Crippen LogP contribution in [0.2, 0.25) is 0 Å². The van der Waals surface area contributed by atoms with Gasteiger partial charge in [0.1, 0.15) is 23.7 Å². The molecule has 30 heavy (non-hydrogen) atoms. The maximum absolute atomic E-state index is 6.32. The van der Waals surface area contributed by atoms with Crippen LogP contribution in [-0.2, 0) is 13.5 Å². The first kappa shape index (κ1) is 18.9. The second kappa shape index (κ2) is 7.94. The van der Waals surface area contributed by atoms with Crippen molar-refractivity contribution in [2.45, 2.75) is 51.0 Å². The van der Waals surface area contributed by atoms with E-state index in [1.165, 1.54) is 11.1 Å². The Kier molecular flexibility index (Phi) is 4.99. The van der Waals surface area contributed by atoms with Crippen molar-refractivity contribution in [2.24, 2.45) is 7.05 Å². The molecule has 0 atom stereocenters. The number of ether oxygens (including phenoxy) is 1. The molecule has 0 aliphatic heterocycles. The molecule has 0 saturated heterocycles. The summed E-state index contributed by atoms with van der Waals surface area (Å²) in [6, 6.07) is 14.9. The minimum absolute atomic E-state index is 0.247. The first-order valence-corrected chi connectivity index (χ1v) is 10.7. The molecule has 2 aromatic carbocycles. The van der Waals surface area contributed by atoms with Gasteiger partial charge in [-0.15, -0.1) is 0 Å². The Balaban J connectivity index is 1.28. The molecule has 6 heteroatoms. The third-order valence-electron chi connectivity index (χ3n) is 6.19. The highest BCUT2D eigenvalue weighted by atomic mass is 16.5. The van der Waals surface area contributed by atoms with E-state index >= 15 is 0 Å². The van der Waals surface area contributed by atoms with Crippen LogP contribution in [0.5, 0.6) is 5.75 Å². The summed E-state index contributed by atoms with van der Waals surface area (Å²) in [4.78, 5) is 9.21. The first-order valence-electron chi connectivity index (χ1n) is 10.7. The molecule has 4 aromatic rings.